The number of hydrogen-bond acceptors (Lipinski definition) is 2. The molecular formula is C12H16ClNO. The molecule has 0 amide bonds. The molecule has 0 unspecified atom stereocenters. The average Bonchev–Trinajstić information content (AvgIpc) is 2.23. The molecule has 82 valence electrons. The molecule has 15 heavy (non-hydrogen) atoms. The summed E-state index contributed by atoms with van der Waals surface area (Å²) in [5.74, 6) is 0.859. The van der Waals surface area contributed by atoms with E-state index in [1.165, 1.54) is 0 Å². The topological polar surface area (TPSA) is 21.3 Å². The van der Waals surface area contributed by atoms with E-state index in [1.807, 2.05) is 31.2 Å². The lowest BCUT2D eigenvalue weighted by Crippen LogP contribution is -2.20. The maximum atomic E-state index is 5.90. The molecule has 0 atom stereocenters. The van der Waals surface area contributed by atoms with Crippen LogP contribution in [0.3, 0.4) is 0 Å². The summed E-state index contributed by atoms with van der Waals surface area (Å²) in [7, 11) is 0. The van der Waals surface area contributed by atoms with Gasteiger partial charge in [-0.25, -0.2) is 0 Å². The zero-order valence-corrected chi connectivity index (χ0v) is 9.68. The molecule has 1 aromatic carbocycles. The van der Waals surface area contributed by atoms with Crippen molar-refractivity contribution in [1.29, 1.82) is 0 Å². The molecule has 0 aromatic heterocycles. The van der Waals surface area contributed by atoms with Crippen molar-refractivity contribution in [2.45, 2.75) is 6.92 Å². The van der Waals surface area contributed by atoms with Gasteiger partial charge in [0.15, 0.2) is 0 Å². The Hall–Kier alpha value is -0.990. The number of halogens is 1. The molecule has 2 nitrogen and oxygen atoms in total. The monoisotopic (exact) mass is 225 g/mol. The highest BCUT2D eigenvalue weighted by molar-refractivity contribution is 6.31. The van der Waals surface area contributed by atoms with Crippen LogP contribution in [0, 0.1) is 6.92 Å². The summed E-state index contributed by atoms with van der Waals surface area (Å²) in [6.45, 7) is 7.85. The summed E-state index contributed by atoms with van der Waals surface area (Å²) in [4.78, 5) is 0. The van der Waals surface area contributed by atoms with Crippen molar-refractivity contribution >= 4 is 11.6 Å². The van der Waals surface area contributed by atoms with Crippen LogP contribution in [0.25, 0.3) is 0 Å². The Bertz CT molecular complexity index is 325. The predicted molar refractivity (Wildman–Crippen MR) is 64.8 cm³/mol. The molecule has 1 rings (SSSR count). The molecule has 0 aliphatic heterocycles. The number of nitrogens with one attached hydrogen (secondary N) is 1. The molecule has 0 saturated heterocycles. The lowest BCUT2D eigenvalue weighted by Gasteiger charge is -2.07. The third kappa shape index (κ3) is 4.36. The van der Waals surface area contributed by atoms with Crippen LogP contribution in [0.15, 0.2) is 30.9 Å². The SMILES string of the molecule is C=CCNCCOc1ccc(Cl)c(C)c1. The van der Waals surface area contributed by atoms with Gasteiger partial charge in [-0.05, 0) is 30.7 Å². The zero-order chi connectivity index (χ0) is 11.1. The van der Waals surface area contributed by atoms with Crippen LogP contribution in [-0.2, 0) is 0 Å². The van der Waals surface area contributed by atoms with Crippen LogP contribution in [0.4, 0.5) is 0 Å². The Balaban J connectivity index is 2.31. The van der Waals surface area contributed by atoms with Gasteiger partial charge in [-0.15, -0.1) is 6.58 Å². The van der Waals surface area contributed by atoms with Crippen molar-refractivity contribution in [3.63, 3.8) is 0 Å². The van der Waals surface area contributed by atoms with Gasteiger partial charge in [0.25, 0.3) is 0 Å². The number of hydrogen-bond donors (Lipinski definition) is 1. The summed E-state index contributed by atoms with van der Waals surface area (Å²) in [5, 5.41) is 3.93. The molecule has 0 spiro atoms. The average molecular weight is 226 g/mol. The Morgan fingerprint density at radius 3 is 3.00 bits per heavy atom. The minimum atomic E-state index is 0.648. The van der Waals surface area contributed by atoms with E-state index in [0.29, 0.717) is 6.61 Å². The quantitative estimate of drug-likeness (QED) is 0.594. The van der Waals surface area contributed by atoms with Crippen LogP contribution in [0.5, 0.6) is 5.75 Å². The van der Waals surface area contributed by atoms with Crippen LogP contribution in [0.1, 0.15) is 5.56 Å². The van der Waals surface area contributed by atoms with E-state index in [1.54, 1.807) is 0 Å². The first-order valence-corrected chi connectivity index (χ1v) is 5.32. The summed E-state index contributed by atoms with van der Waals surface area (Å²) in [5.41, 5.74) is 1.04. The molecule has 0 heterocycles. The lowest BCUT2D eigenvalue weighted by atomic mass is 10.2. The maximum absolute atomic E-state index is 5.90. The zero-order valence-electron chi connectivity index (χ0n) is 8.92. The van der Waals surface area contributed by atoms with E-state index >= 15 is 0 Å². The summed E-state index contributed by atoms with van der Waals surface area (Å²) >= 11 is 5.90. The number of rotatable bonds is 6. The molecule has 0 saturated carbocycles. The smallest absolute Gasteiger partial charge is 0.119 e. The molecular weight excluding hydrogens is 210 g/mol. The molecule has 0 radical (unpaired) electrons. The summed E-state index contributed by atoms with van der Waals surface area (Å²) < 4.78 is 5.53. The van der Waals surface area contributed by atoms with E-state index in [4.69, 9.17) is 16.3 Å². The largest absolute Gasteiger partial charge is 0.492 e. The van der Waals surface area contributed by atoms with E-state index in [0.717, 1.165) is 29.4 Å². The third-order valence-electron chi connectivity index (χ3n) is 1.97. The second-order valence-electron chi connectivity index (χ2n) is 3.25. The molecule has 0 aliphatic carbocycles. The normalized spacial score (nSPS) is 10.0. The summed E-state index contributed by atoms with van der Waals surface area (Å²) in [6, 6.07) is 5.67. The van der Waals surface area contributed by atoms with Gasteiger partial charge in [0, 0.05) is 18.1 Å². The standard InChI is InChI=1S/C12H16ClNO/c1-3-6-14-7-8-15-11-4-5-12(13)10(2)9-11/h3-5,9,14H,1,6-8H2,2H3. The van der Waals surface area contributed by atoms with Gasteiger partial charge in [-0.2, -0.15) is 0 Å². The Morgan fingerprint density at radius 1 is 1.53 bits per heavy atom. The maximum Gasteiger partial charge on any atom is 0.119 e. The fourth-order valence-electron chi connectivity index (χ4n) is 1.15. The van der Waals surface area contributed by atoms with Gasteiger partial charge in [-0.3, -0.25) is 0 Å². The van der Waals surface area contributed by atoms with Gasteiger partial charge in [0.1, 0.15) is 12.4 Å². The first kappa shape index (κ1) is 12.1. The predicted octanol–water partition coefficient (Wildman–Crippen LogP) is 2.80. The highest BCUT2D eigenvalue weighted by atomic mass is 35.5. The molecule has 1 aromatic rings. The van der Waals surface area contributed by atoms with Crippen molar-refractivity contribution in [1.82, 2.24) is 5.32 Å². The molecule has 1 N–H and O–H groups in total. The lowest BCUT2D eigenvalue weighted by molar-refractivity contribution is 0.316. The van der Waals surface area contributed by atoms with Gasteiger partial charge < -0.3 is 10.1 Å². The van der Waals surface area contributed by atoms with E-state index in [-0.39, 0.29) is 0 Å². The van der Waals surface area contributed by atoms with E-state index in [2.05, 4.69) is 11.9 Å². The van der Waals surface area contributed by atoms with Gasteiger partial charge in [0.2, 0.25) is 0 Å². The first-order valence-electron chi connectivity index (χ1n) is 4.94. The van der Waals surface area contributed by atoms with Crippen LogP contribution in [-0.4, -0.2) is 19.7 Å². The highest BCUT2D eigenvalue weighted by Crippen LogP contribution is 2.20. The number of aryl methyl sites for hydroxylation is 1. The Morgan fingerprint density at radius 2 is 2.33 bits per heavy atom. The minimum Gasteiger partial charge on any atom is -0.492 e. The second-order valence-corrected chi connectivity index (χ2v) is 3.66. The molecule has 0 fully saturated rings. The summed E-state index contributed by atoms with van der Waals surface area (Å²) in [6.07, 6.45) is 1.83. The first-order chi connectivity index (χ1) is 7.24. The van der Waals surface area contributed by atoms with Crippen molar-refractivity contribution in [2.75, 3.05) is 19.7 Å². The van der Waals surface area contributed by atoms with Crippen LogP contribution < -0.4 is 10.1 Å². The second kappa shape index (κ2) is 6.49. The number of benzene rings is 1. The van der Waals surface area contributed by atoms with Crippen LogP contribution in [0.2, 0.25) is 5.02 Å². The van der Waals surface area contributed by atoms with Crippen molar-refractivity contribution < 1.29 is 4.74 Å². The van der Waals surface area contributed by atoms with Crippen LogP contribution >= 0.6 is 11.6 Å². The fraction of sp³-hybridized carbons (Fsp3) is 0.333. The van der Waals surface area contributed by atoms with Gasteiger partial charge in [0.05, 0.1) is 0 Å². The Labute approximate surface area is 95.9 Å². The Kier molecular flexibility index (Phi) is 5.22. The molecule has 0 bridgehead atoms. The molecule has 0 aliphatic rings. The number of ether oxygens (including phenoxy) is 1. The minimum absolute atomic E-state index is 0.648. The van der Waals surface area contributed by atoms with Crippen molar-refractivity contribution in [2.24, 2.45) is 0 Å². The van der Waals surface area contributed by atoms with Gasteiger partial charge >= 0.3 is 0 Å². The van der Waals surface area contributed by atoms with E-state index in [9.17, 15) is 0 Å². The molecule has 3 heteroatoms. The highest BCUT2D eigenvalue weighted by Gasteiger charge is 1.97. The van der Waals surface area contributed by atoms with Crippen molar-refractivity contribution in [3.05, 3.63) is 41.4 Å². The fourth-order valence-corrected chi connectivity index (χ4v) is 1.27. The van der Waals surface area contributed by atoms with Crippen molar-refractivity contribution in [3.8, 4) is 5.75 Å². The third-order valence-corrected chi connectivity index (χ3v) is 2.39. The van der Waals surface area contributed by atoms with Gasteiger partial charge in [-0.1, -0.05) is 17.7 Å². The van der Waals surface area contributed by atoms with E-state index < -0.39 is 0 Å².